The first kappa shape index (κ1) is 8.90. The normalized spacial score (nSPS) is 11.1. The summed E-state index contributed by atoms with van der Waals surface area (Å²) in [7, 11) is 0. The third-order valence-corrected chi connectivity index (χ3v) is 2.39. The molecular formula is C10H10N6. The first-order chi connectivity index (χ1) is 7.74. The molecule has 3 aromatic heterocycles. The second kappa shape index (κ2) is 3.06. The van der Waals surface area contributed by atoms with Crippen LogP contribution in [0.1, 0.15) is 5.69 Å². The number of nitrogens with zero attached hydrogens (tertiary/aromatic N) is 3. The highest BCUT2D eigenvalue weighted by Gasteiger charge is 2.11. The monoisotopic (exact) mass is 214 g/mol. The first-order valence-electron chi connectivity index (χ1n) is 4.86. The minimum Gasteiger partial charge on any atom is -0.397 e. The van der Waals surface area contributed by atoms with Crippen molar-refractivity contribution in [1.82, 2.24) is 25.4 Å². The number of rotatable bonds is 1. The Morgan fingerprint density at radius 1 is 1.19 bits per heavy atom. The van der Waals surface area contributed by atoms with Crippen LogP contribution in [0, 0.1) is 6.92 Å². The second-order valence-electron chi connectivity index (χ2n) is 3.67. The second-order valence-corrected chi connectivity index (χ2v) is 3.67. The van der Waals surface area contributed by atoms with Crippen molar-refractivity contribution in [2.75, 3.05) is 5.73 Å². The number of anilines is 1. The Balaban J connectivity index is 2.27. The van der Waals surface area contributed by atoms with Crippen molar-refractivity contribution in [3.8, 4) is 11.4 Å². The number of pyridine rings is 1. The van der Waals surface area contributed by atoms with Gasteiger partial charge in [-0.1, -0.05) is 0 Å². The Bertz CT molecular complexity index is 650. The molecule has 0 bridgehead atoms. The summed E-state index contributed by atoms with van der Waals surface area (Å²) in [6.07, 6.45) is 1.59. The summed E-state index contributed by atoms with van der Waals surface area (Å²) < 4.78 is 0. The summed E-state index contributed by atoms with van der Waals surface area (Å²) >= 11 is 0. The number of aromatic amines is 2. The number of nitrogen functional groups attached to an aromatic ring is 1. The van der Waals surface area contributed by atoms with Crippen molar-refractivity contribution in [3.63, 3.8) is 0 Å². The van der Waals surface area contributed by atoms with Crippen molar-refractivity contribution in [3.05, 3.63) is 24.0 Å². The van der Waals surface area contributed by atoms with E-state index in [0.29, 0.717) is 11.3 Å². The Hall–Kier alpha value is -2.37. The molecule has 80 valence electrons. The molecule has 0 aliphatic rings. The highest BCUT2D eigenvalue weighted by atomic mass is 15.2. The minimum atomic E-state index is 0.613. The molecule has 0 aromatic carbocycles. The fraction of sp³-hybridized carbons (Fsp3) is 0.100. The van der Waals surface area contributed by atoms with E-state index in [1.54, 1.807) is 6.20 Å². The lowest BCUT2D eigenvalue weighted by molar-refractivity contribution is 1.04. The average Bonchev–Trinajstić information content (AvgIpc) is 2.83. The molecule has 0 amide bonds. The lowest BCUT2D eigenvalue weighted by Crippen LogP contribution is -1.86. The summed E-state index contributed by atoms with van der Waals surface area (Å²) in [6.45, 7) is 1.95. The van der Waals surface area contributed by atoms with Crippen molar-refractivity contribution in [2.45, 2.75) is 6.92 Å². The number of fused-ring (bicyclic) bond motifs is 1. The van der Waals surface area contributed by atoms with Crippen molar-refractivity contribution >= 4 is 16.7 Å². The number of hydrogen-bond acceptors (Lipinski definition) is 4. The van der Waals surface area contributed by atoms with E-state index in [9.17, 15) is 0 Å². The van der Waals surface area contributed by atoms with Gasteiger partial charge in [0, 0.05) is 5.69 Å². The molecule has 6 heteroatoms. The SMILES string of the molecule is Cc1cc(-c2[nH]nc3ncc(N)cc23)n[nH]1. The summed E-state index contributed by atoms with van der Waals surface area (Å²) in [5, 5.41) is 15.0. The molecule has 0 aliphatic carbocycles. The Labute approximate surface area is 90.9 Å². The number of aromatic nitrogens is 5. The molecule has 3 rings (SSSR count). The fourth-order valence-corrected chi connectivity index (χ4v) is 1.66. The zero-order chi connectivity index (χ0) is 11.1. The van der Waals surface area contributed by atoms with Crippen molar-refractivity contribution in [2.24, 2.45) is 0 Å². The van der Waals surface area contributed by atoms with Crippen LogP contribution in [0.2, 0.25) is 0 Å². The van der Waals surface area contributed by atoms with Crippen LogP contribution in [0.15, 0.2) is 18.3 Å². The minimum absolute atomic E-state index is 0.613. The summed E-state index contributed by atoms with van der Waals surface area (Å²) in [6, 6.07) is 3.78. The highest BCUT2D eigenvalue weighted by Crippen LogP contribution is 2.25. The summed E-state index contributed by atoms with van der Waals surface area (Å²) in [5.74, 6) is 0. The van der Waals surface area contributed by atoms with E-state index in [2.05, 4.69) is 25.4 Å². The van der Waals surface area contributed by atoms with Crippen LogP contribution >= 0.6 is 0 Å². The molecule has 3 aromatic rings. The van der Waals surface area contributed by atoms with E-state index in [0.717, 1.165) is 22.5 Å². The molecule has 4 N–H and O–H groups in total. The third-order valence-electron chi connectivity index (χ3n) is 2.39. The molecule has 0 aliphatic heterocycles. The molecule has 0 saturated carbocycles. The fourth-order valence-electron chi connectivity index (χ4n) is 1.66. The molecule has 3 heterocycles. The van der Waals surface area contributed by atoms with Crippen LogP contribution in [0.4, 0.5) is 5.69 Å². The predicted molar refractivity (Wildman–Crippen MR) is 60.6 cm³/mol. The molecule has 6 nitrogen and oxygen atoms in total. The molecule has 0 saturated heterocycles. The van der Waals surface area contributed by atoms with Crippen LogP contribution in [-0.2, 0) is 0 Å². The largest absolute Gasteiger partial charge is 0.397 e. The summed E-state index contributed by atoms with van der Waals surface area (Å²) in [5.41, 5.74) is 9.60. The Morgan fingerprint density at radius 2 is 2.06 bits per heavy atom. The first-order valence-corrected chi connectivity index (χ1v) is 4.86. The van der Waals surface area contributed by atoms with Crippen LogP contribution in [0.5, 0.6) is 0 Å². The van der Waals surface area contributed by atoms with Gasteiger partial charge >= 0.3 is 0 Å². The van der Waals surface area contributed by atoms with Gasteiger partial charge in [-0.2, -0.15) is 10.2 Å². The topological polar surface area (TPSA) is 96.3 Å². The highest BCUT2D eigenvalue weighted by molar-refractivity contribution is 5.91. The number of hydrogen-bond donors (Lipinski definition) is 3. The Kier molecular flexibility index (Phi) is 1.70. The molecule has 0 atom stereocenters. The van der Waals surface area contributed by atoms with E-state index in [1.165, 1.54) is 0 Å². The van der Waals surface area contributed by atoms with Crippen molar-refractivity contribution in [1.29, 1.82) is 0 Å². The smallest absolute Gasteiger partial charge is 0.181 e. The average molecular weight is 214 g/mol. The van der Waals surface area contributed by atoms with Gasteiger partial charge in [-0.05, 0) is 19.1 Å². The van der Waals surface area contributed by atoms with Gasteiger partial charge < -0.3 is 5.73 Å². The number of aryl methyl sites for hydroxylation is 1. The lowest BCUT2D eigenvalue weighted by Gasteiger charge is -1.93. The number of nitrogens with two attached hydrogens (primary N) is 1. The number of nitrogens with one attached hydrogen (secondary N) is 2. The maximum Gasteiger partial charge on any atom is 0.181 e. The zero-order valence-corrected chi connectivity index (χ0v) is 8.65. The van der Waals surface area contributed by atoms with Crippen LogP contribution in [0.25, 0.3) is 22.4 Å². The molecule has 0 fully saturated rings. The van der Waals surface area contributed by atoms with E-state index in [1.807, 2.05) is 19.1 Å². The van der Waals surface area contributed by atoms with Gasteiger partial charge in [-0.15, -0.1) is 0 Å². The molecule has 0 unspecified atom stereocenters. The molecular weight excluding hydrogens is 204 g/mol. The van der Waals surface area contributed by atoms with E-state index >= 15 is 0 Å². The summed E-state index contributed by atoms with van der Waals surface area (Å²) in [4.78, 5) is 4.13. The maximum absolute atomic E-state index is 5.70. The van der Waals surface area contributed by atoms with Gasteiger partial charge in [-0.25, -0.2) is 4.98 Å². The van der Waals surface area contributed by atoms with Gasteiger partial charge in [-0.3, -0.25) is 10.2 Å². The standard InChI is InChI=1S/C10H10N6/c1-5-2-8(14-13-5)9-7-3-6(11)4-12-10(7)16-15-9/h2-4H,11H2,1H3,(H,13,14)(H,12,15,16). The lowest BCUT2D eigenvalue weighted by atomic mass is 10.2. The van der Waals surface area contributed by atoms with Gasteiger partial charge in [0.05, 0.1) is 23.0 Å². The van der Waals surface area contributed by atoms with E-state index in [-0.39, 0.29) is 0 Å². The van der Waals surface area contributed by atoms with Gasteiger partial charge in [0.25, 0.3) is 0 Å². The van der Waals surface area contributed by atoms with Crippen LogP contribution in [0.3, 0.4) is 0 Å². The number of H-pyrrole nitrogens is 2. The van der Waals surface area contributed by atoms with E-state index < -0.39 is 0 Å². The van der Waals surface area contributed by atoms with Gasteiger partial charge in [0.15, 0.2) is 5.65 Å². The quantitative estimate of drug-likeness (QED) is 0.567. The molecule has 0 spiro atoms. The third kappa shape index (κ3) is 1.23. The van der Waals surface area contributed by atoms with Crippen LogP contribution in [-0.4, -0.2) is 25.4 Å². The Morgan fingerprint density at radius 3 is 2.81 bits per heavy atom. The van der Waals surface area contributed by atoms with Gasteiger partial charge in [0.1, 0.15) is 5.69 Å². The predicted octanol–water partition coefficient (Wildman–Crippen LogP) is 1.24. The molecule has 0 radical (unpaired) electrons. The zero-order valence-electron chi connectivity index (χ0n) is 8.65. The van der Waals surface area contributed by atoms with Gasteiger partial charge in [0.2, 0.25) is 0 Å². The molecule has 16 heavy (non-hydrogen) atoms. The van der Waals surface area contributed by atoms with Crippen LogP contribution < -0.4 is 5.73 Å². The van der Waals surface area contributed by atoms with E-state index in [4.69, 9.17) is 5.73 Å². The van der Waals surface area contributed by atoms with Crippen molar-refractivity contribution < 1.29 is 0 Å². The maximum atomic E-state index is 5.70.